The fourth-order valence-corrected chi connectivity index (χ4v) is 2.41. The predicted octanol–water partition coefficient (Wildman–Crippen LogP) is 2.66. The Hall–Kier alpha value is -2.02. The smallest absolute Gasteiger partial charge is 0.247 e. The standard InChI is InChI=1S/C15H18N2O2/c1-11-9-12(5-6-13(11)19-3)17(2)14(18)15(10-16)7-4-8-15/h5-6,9H,4,7-8H2,1-3H3. The van der Waals surface area contributed by atoms with E-state index in [1.54, 1.807) is 19.1 Å². The average Bonchev–Trinajstić information content (AvgIpc) is 2.37. The van der Waals surface area contributed by atoms with Crippen LogP contribution >= 0.6 is 0 Å². The number of methoxy groups -OCH3 is 1. The third-order valence-electron chi connectivity index (χ3n) is 3.90. The third-order valence-corrected chi connectivity index (χ3v) is 3.90. The van der Waals surface area contributed by atoms with E-state index in [-0.39, 0.29) is 5.91 Å². The number of nitrogens with zero attached hydrogens (tertiary/aromatic N) is 2. The van der Waals surface area contributed by atoms with Crippen LogP contribution in [0, 0.1) is 23.7 Å². The summed E-state index contributed by atoms with van der Waals surface area (Å²) in [6.07, 6.45) is 2.29. The van der Waals surface area contributed by atoms with Crippen LogP contribution in [0.15, 0.2) is 18.2 Å². The number of rotatable bonds is 3. The molecule has 1 aliphatic rings. The SMILES string of the molecule is COc1ccc(N(C)C(=O)C2(C#N)CCC2)cc1C. The maximum atomic E-state index is 12.4. The van der Waals surface area contributed by atoms with Crippen LogP contribution < -0.4 is 9.64 Å². The molecule has 0 heterocycles. The summed E-state index contributed by atoms with van der Waals surface area (Å²) in [5, 5.41) is 9.22. The largest absolute Gasteiger partial charge is 0.496 e. The van der Waals surface area contributed by atoms with E-state index in [0.717, 1.165) is 23.4 Å². The first-order valence-electron chi connectivity index (χ1n) is 6.38. The molecular formula is C15H18N2O2. The van der Waals surface area contributed by atoms with Crippen molar-refractivity contribution in [3.8, 4) is 11.8 Å². The Morgan fingerprint density at radius 2 is 2.16 bits per heavy atom. The number of aryl methyl sites for hydroxylation is 1. The van der Waals surface area contributed by atoms with Gasteiger partial charge in [0.15, 0.2) is 0 Å². The molecule has 2 rings (SSSR count). The molecule has 0 aromatic heterocycles. The van der Waals surface area contributed by atoms with Crippen molar-refractivity contribution in [2.24, 2.45) is 5.41 Å². The molecule has 4 nitrogen and oxygen atoms in total. The second-order valence-corrected chi connectivity index (χ2v) is 5.07. The summed E-state index contributed by atoms with van der Waals surface area (Å²) in [6, 6.07) is 7.77. The average molecular weight is 258 g/mol. The van der Waals surface area contributed by atoms with Gasteiger partial charge in [-0.1, -0.05) is 0 Å². The Morgan fingerprint density at radius 3 is 2.58 bits per heavy atom. The van der Waals surface area contributed by atoms with Crippen molar-refractivity contribution in [1.29, 1.82) is 5.26 Å². The first kappa shape index (κ1) is 13.4. The number of anilines is 1. The Balaban J connectivity index is 2.25. The molecule has 1 aromatic carbocycles. The highest BCUT2D eigenvalue weighted by Gasteiger charge is 2.46. The van der Waals surface area contributed by atoms with E-state index < -0.39 is 5.41 Å². The summed E-state index contributed by atoms with van der Waals surface area (Å²) in [7, 11) is 3.34. The Labute approximate surface area is 113 Å². The molecule has 0 unspecified atom stereocenters. The zero-order chi connectivity index (χ0) is 14.0. The first-order valence-corrected chi connectivity index (χ1v) is 6.38. The van der Waals surface area contributed by atoms with Gasteiger partial charge in [0.2, 0.25) is 5.91 Å². The molecule has 1 saturated carbocycles. The fourth-order valence-electron chi connectivity index (χ4n) is 2.41. The Kier molecular flexibility index (Phi) is 3.48. The summed E-state index contributed by atoms with van der Waals surface area (Å²) in [5.74, 6) is 0.689. The summed E-state index contributed by atoms with van der Waals surface area (Å²) < 4.78 is 5.21. The Bertz CT molecular complexity index is 542. The van der Waals surface area contributed by atoms with Crippen molar-refractivity contribution in [2.75, 3.05) is 19.1 Å². The number of carbonyl (C=O) groups is 1. The van der Waals surface area contributed by atoms with Crippen molar-refractivity contribution < 1.29 is 9.53 Å². The molecule has 0 spiro atoms. The molecule has 1 amide bonds. The lowest BCUT2D eigenvalue weighted by Gasteiger charge is -2.36. The summed E-state index contributed by atoms with van der Waals surface area (Å²) >= 11 is 0. The monoisotopic (exact) mass is 258 g/mol. The highest BCUT2D eigenvalue weighted by Crippen LogP contribution is 2.42. The molecule has 0 aliphatic heterocycles. The molecule has 19 heavy (non-hydrogen) atoms. The van der Waals surface area contributed by atoms with Gasteiger partial charge in [-0.2, -0.15) is 5.26 Å². The van der Waals surface area contributed by atoms with Gasteiger partial charge < -0.3 is 9.64 Å². The number of hydrogen-bond acceptors (Lipinski definition) is 3. The van der Waals surface area contributed by atoms with Crippen LogP contribution in [0.5, 0.6) is 5.75 Å². The zero-order valence-corrected chi connectivity index (χ0v) is 11.6. The molecule has 0 atom stereocenters. The van der Waals surface area contributed by atoms with Crippen LogP contribution in [0.2, 0.25) is 0 Å². The highest BCUT2D eigenvalue weighted by molar-refractivity contribution is 5.99. The lowest BCUT2D eigenvalue weighted by atomic mass is 9.69. The first-order chi connectivity index (χ1) is 9.04. The second-order valence-electron chi connectivity index (χ2n) is 5.07. The number of ether oxygens (including phenoxy) is 1. The molecule has 0 radical (unpaired) electrons. The van der Waals surface area contributed by atoms with E-state index in [4.69, 9.17) is 4.74 Å². The van der Waals surface area contributed by atoms with Crippen molar-refractivity contribution >= 4 is 11.6 Å². The van der Waals surface area contributed by atoms with Gasteiger partial charge in [-0.25, -0.2) is 0 Å². The normalized spacial score (nSPS) is 16.1. The van der Waals surface area contributed by atoms with Gasteiger partial charge in [-0.05, 0) is 49.9 Å². The van der Waals surface area contributed by atoms with Gasteiger partial charge in [-0.15, -0.1) is 0 Å². The number of amides is 1. The number of carbonyl (C=O) groups excluding carboxylic acids is 1. The highest BCUT2D eigenvalue weighted by atomic mass is 16.5. The molecule has 0 bridgehead atoms. The minimum Gasteiger partial charge on any atom is -0.496 e. The van der Waals surface area contributed by atoms with Gasteiger partial charge in [-0.3, -0.25) is 4.79 Å². The number of hydrogen-bond donors (Lipinski definition) is 0. The molecule has 4 heteroatoms. The maximum absolute atomic E-state index is 12.4. The van der Waals surface area contributed by atoms with Gasteiger partial charge in [0, 0.05) is 12.7 Å². The zero-order valence-electron chi connectivity index (χ0n) is 11.6. The molecule has 1 aromatic rings. The van der Waals surface area contributed by atoms with Crippen molar-refractivity contribution in [3.05, 3.63) is 23.8 Å². The van der Waals surface area contributed by atoms with Crippen LogP contribution in [0.3, 0.4) is 0 Å². The predicted molar refractivity (Wildman–Crippen MR) is 73.0 cm³/mol. The molecular weight excluding hydrogens is 240 g/mol. The molecule has 0 saturated heterocycles. The van der Waals surface area contributed by atoms with E-state index in [9.17, 15) is 10.1 Å². The second kappa shape index (κ2) is 4.93. The van der Waals surface area contributed by atoms with E-state index in [2.05, 4.69) is 6.07 Å². The third kappa shape index (κ3) is 2.17. The molecule has 100 valence electrons. The van der Waals surface area contributed by atoms with Crippen LogP contribution in [-0.4, -0.2) is 20.1 Å². The van der Waals surface area contributed by atoms with Crippen LogP contribution in [0.25, 0.3) is 0 Å². The molecule has 0 N–H and O–H groups in total. The van der Waals surface area contributed by atoms with E-state index >= 15 is 0 Å². The molecule has 1 fully saturated rings. The van der Waals surface area contributed by atoms with Crippen molar-refractivity contribution in [3.63, 3.8) is 0 Å². The topological polar surface area (TPSA) is 53.3 Å². The van der Waals surface area contributed by atoms with Gasteiger partial charge in [0.05, 0.1) is 13.2 Å². The van der Waals surface area contributed by atoms with E-state index in [0.29, 0.717) is 12.8 Å². The van der Waals surface area contributed by atoms with E-state index in [1.807, 2.05) is 25.1 Å². The van der Waals surface area contributed by atoms with E-state index in [1.165, 1.54) is 0 Å². The quantitative estimate of drug-likeness (QED) is 0.837. The van der Waals surface area contributed by atoms with Crippen molar-refractivity contribution in [2.45, 2.75) is 26.2 Å². The summed E-state index contributed by atoms with van der Waals surface area (Å²) in [4.78, 5) is 14.0. The summed E-state index contributed by atoms with van der Waals surface area (Å²) in [5.41, 5.74) is 0.965. The number of benzene rings is 1. The minimum atomic E-state index is -0.803. The Morgan fingerprint density at radius 1 is 1.47 bits per heavy atom. The maximum Gasteiger partial charge on any atom is 0.247 e. The fraction of sp³-hybridized carbons (Fsp3) is 0.467. The summed E-state index contributed by atoms with van der Waals surface area (Å²) in [6.45, 7) is 1.93. The minimum absolute atomic E-state index is 0.106. The van der Waals surface area contributed by atoms with Crippen LogP contribution in [0.4, 0.5) is 5.69 Å². The number of nitriles is 1. The van der Waals surface area contributed by atoms with Gasteiger partial charge in [0.25, 0.3) is 0 Å². The molecule has 1 aliphatic carbocycles. The van der Waals surface area contributed by atoms with Crippen LogP contribution in [0.1, 0.15) is 24.8 Å². The van der Waals surface area contributed by atoms with Crippen LogP contribution in [-0.2, 0) is 4.79 Å². The lowest BCUT2D eigenvalue weighted by molar-refractivity contribution is -0.128. The van der Waals surface area contributed by atoms with Gasteiger partial charge in [0.1, 0.15) is 11.2 Å². The van der Waals surface area contributed by atoms with Gasteiger partial charge >= 0.3 is 0 Å². The lowest BCUT2D eigenvalue weighted by Crippen LogP contribution is -2.45. The van der Waals surface area contributed by atoms with Crippen molar-refractivity contribution in [1.82, 2.24) is 0 Å².